The van der Waals surface area contributed by atoms with E-state index in [0.29, 0.717) is 0 Å². The van der Waals surface area contributed by atoms with Crippen LogP contribution in [0.2, 0.25) is 0 Å². The van der Waals surface area contributed by atoms with Crippen LogP contribution in [-0.4, -0.2) is 331 Å². The molecule has 0 aromatic rings. The Morgan fingerprint density at radius 2 is 0.746 bits per heavy atom. The number of hydrogen-bond acceptors (Lipinski definition) is 31. The smallest absolute Gasteiger partial charge is 0.222 e. The van der Waals surface area contributed by atoms with Gasteiger partial charge in [0, 0.05) is 0 Å². The van der Waals surface area contributed by atoms with Gasteiger partial charge < -0.3 is 155 Å². The first-order valence-corrected chi connectivity index (χ1v) is 21.0. The average Bonchev–Trinajstić information content (AvgIpc) is 3.71. The van der Waals surface area contributed by atoms with Gasteiger partial charge in [-0.2, -0.15) is 0 Å². The monoisotopic (exact) mass is 992 g/mol. The Kier molecular flexibility index (Phi) is 20.3. The predicted molar refractivity (Wildman–Crippen MR) is 201 cm³/mol. The minimum absolute atomic E-state index is 0.797. The third-order valence-corrected chi connectivity index (χ3v) is 12.2. The SMILES string of the molecule is OCC1O[C@H](OC[C@@H](O)[C@@H](O)[C@H](O)C(O)CO[C@@]2(CO[C@@]3(CO)O[C@H](CO[C@H]4OC(CO)[C@@H](O)[C@H](O)C4O)[C@H](O)C3O)O[C@H](CO[C@H]3OC(CO)[C@@H](O)[C@H](O)C3O)[C@H](O)C2O)[C@H](O)C(O)[C@@H]1O. The molecule has 0 amide bonds. The van der Waals surface area contributed by atoms with Crippen LogP contribution in [0.1, 0.15) is 0 Å². The van der Waals surface area contributed by atoms with Gasteiger partial charge in [0.1, 0.15) is 148 Å². The summed E-state index contributed by atoms with van der Waals surface area (Å²) in [6.45, 7) is -8.89. The molecule has 0 bridgehead atoms. The highest BCUT2D eigenvalue weighted by molar-refractivity contribution is 5.02. The van der Waals surface area contributed by atoms with Gasteiger partial charge in [-0.3, -0.25) is 0 Å². The second kappa shape index (κ2) is 24.0. The molecule has 0 saturated carbocycles. The number of rotatable bonds is 22. The maximum atomic E-state index is 11.4. The number of aliphatic hydroxyl groups is 21. The lowest BCUT2D eigenvalue weighted by atomic mass is 9.99. The van der Waals surface area contributed by atoms with E-state index in [0.717, 1.165) is 0 Å². The quantitative estimate of drug-likeness (QED) is 0.0479. The van der Waals surface area contributed by atoms with Crippen LogP contribution in [0.15, 0.2) is 0 Å². The molecule has 0 spiro atoms. The molecule has 21 N–H and O–H groups in total. The van der Waals surface area contributed by atoms with Crippen molar-refractivity contribution >= 4 is 0 Å². The largest absolute Gasteiger partial charge is 0.394 e. The Labute approximate surface area is 378 Å². The van der Waals surface area contributed by atoms with Crippen molar-refractivity contribution in [2.75, 3.05) is 59.5 Å². The first-order valence-electron chi connectivity index (χ1n) is 21.0. The zero-order valence-electron chi connectivity index (χ0n) is 35.3. The summed E-state index contributed by atoms with van der Waals surface area (Å²) in [6.07, 6.45) is -47.3. The number of ether oxygens (including phenoxy) is 10. The van der Waals surface area contributed by atoms with Gasteiger partial charge in [0.2, 0.25) is 11.6 Å². The van der Waals surface area contributed by atoms with Crippen molar-refractivity contribution in [3.8, 4) is 0 Å². The Bertz CT molecular complexity index is 1490. The van der Waals surface area contributed by atoms with Crippen LogP contribution < -0.4 is 0 Å². The Balaban J connectivity index is 1.29. The normalized spacial score (nSPS) is 48.0. The molecule has 394 valence electrons. The molecule has 5 rings (SSSR count). The molecular formula is C36H64O31. The van der Waals surface area contributed by atoms with Crippen molar-refractivity contribution < 1.29 is 155 Å². The third-order valence-electron chi connectivity index (χ3n) is 12.2. The zero-order chi connectivity index (χ0) is 49.9. The summed E-state index contributed by atoms with van der Waals surface area (Å²) in [5.41, 5.74) is 0. The Morgan fingerprint density at radius 3 is 1.13 bits per heavy atom. The summed E-state index contributed by atoms with van der Waals surface area (Å²) >= 11 is 0. The molecule has 31 nitrogen and oxygen atoms in total. The second-order valence-electron chi connectivity index (χ2n) is 16.8. The maximum Gasteiger partial charge on any atom is 0.222 e. The fraction of sp³-hybridized carbons (Fsp3) is 1.00. The molecule has 31 heteroatoms. The first kappa shape index (κ1) is 56.7. The van der Waals surface area contributed by atoms with Gasteiger partial charge in [0.15, 0.2) is 18.9 Å². The van der Waals surface area contributed by atoms with Crippen molar-refractivity contribution in [2.24, 2.45) is 0 Å². The fourth-order valence-corrected chi connectivity index (χ4v) is 7.85. The molecule has 5 aliphatic rings. The Hall–Kier alpha value is -1.24. The van der Waals surface area contributed by atoms with E-state index < -0.39 is 224 Å². The summed E-state index contributed by atoms with van der Waals surface area (Å²) in [4.78, 5) is 0. The van der Waals surface area contributed by atoms with Crippen LogP contribution in [0, 0.1) is 0 Å². The lowest BCUT2D eigenvalue weighted by Gasteiger charge is -2.40. The minimum atomic E-state index is -2.81. The van der Waals surface area contributed by atoms with Crippen LogP contribution in [-0.2, 0) is 47.4 Å². The minimum Gasteiger partial charge on any atom is -0.394 e. The topological polar surface area (TPSA) is 517 Å². The van der Waals surface area contributed by atoms with Gasteiger partial charge in [0.25, 0.3) is 0 Å². The van der Waals surface area contributed by atoms with Crippen molar-refractivity contribution in [1.29, 1.82) is 0 Å². The van der Waals surface area contributed by atoms with Gasteiger partial charge in [-0.25, -0.2) is 0 Å². The van der Waals surface area contributed by atoms with Gasteiger partial charge in [-0.15, -0.1) is 0 Å². The lowest BCUT2D eigenvalue weighted by Crippen LogP contribution is -2.59. The van der Waals surface area contributed by atoms with Crippen molar-refractivity contribution in [1.82, 2.24) is 0 Å². The molecule has 5 heterocycles. The van der Waals surface area contributed by atoms with Gasteiger partial charge in [0.05, 0.1) is 46.2 Å². The lowest BCUT2D eigenvalue weighted by molar-refractivity contribution is -0.349. The summed E-state index contributed by atoms with van der Waals surface area (Å²) in [6, 6.07) is 0. The van der Waals surface area contributed by atoms with E-state index in [-0.39, 0.29) is 0 Å². The highest BCUT2D eigenvalue weighted by Gasteiger charge is 2.61. The van der Waals surface area contributed by atoms with Crippen LogP contribution in [0.25, 0.3) is 0 Å². The van der Waals surface area contributed by atoms with Crippen LogP contribution in [0.5, 0.6) is 0 Å². The van der Waals surface area contributed by atoms with E-state index in [2.05, 4.69) is 0 Å². The third kappa shape index (κ3) is 12.0. The van der Waals surface area contributed by atoms with E-state index in [9.17, 15) is 107 Å². The maximum absolute atomic E-state index is 11.4. The summed E-state index contributed by atoms with van der Waals surface area (Å²) in [5, 5.41) is 218. The molecule has 67 heavy (non-hydrogen) atoms. The highest BCUT2D eigenvalue weighted by atomic mass is 16.8. The van der Waals surface area contributed by atoms with Crippen LogP contribution in [0.3, 0.4) is 0 Å². The molecule has 5 saturated heterocycles. The second-order valence-corrected chi connectivity index (χ2v) is 16.8. The summed E-state index contributed by atoms with van der Waals surface area (Å²) < 4.78 is 54.4. The number of aliphatic hydroxyl groups excluding tert-OH is 21. The molecule has 0 aromatic carbocycles. The number of hydrogen-bond donors (Lipinski definition) is 21. The molecule has 27 atom stereocenters. The fourth-order valence-electron chi connectivity index (χ4n) is 7.85. The standard InChI is InChI=1S/C36H64O31/c37-1-12-19(45)24(50)27(53)32(63-12)58-4-10(41)17(43)18(44)11(42)5-61-36(31(57)23(49)16(67-36)7-60-34-29(55)26(52)21(47)14(3-39)65-34)9-62-35(8-40)30(56)22(48)15(66-35)6-59-33-28(54)25(51)20(46)13(2-38)64-33/h10-34,37-57H,1-9H2/t10-,11?,12?,13?,14?,15-,16-,17-,18-,19-,20-,21-,22+,23+,24?,25+,26+,27-,28?,29?,30?,31?,32+,33+,34+,35+,36+/m1/s1. The van der Waals surface area contributed by atoms with E-state index in [1.54, 1.807) is 0 Å². The molecule has 0 radical (unpaired) electrons. The highest BCUT2D eigenvalue weighted by Crippen LogP contribution is 2.39. The first-order chi connectivity index (χ1) is 31.5. The van der Waals surface area contributed by atoms with Crippen molar-refractivity contribution in [2.45, 2.75) is 165 Å². The predicted octanol–water partition coefficient (Wildman–Crippen LogP) is -14.5. The van der Waals surface area contributed by atoms with Gasteiger partial charge in [-0.05, 0) is 0 Å². The van der Waals surface area contributed by atoms with E-state index in [1.165, 1.54) is 0 Å². The van der Waals surface area contributed by atoms with Crippen LogP contribution >= 0.6 is 0 Å². The molecule has 0 aliphatic carbocycles. The van der Waals surface area contributed by atoms with Crippen LogP contribution in [0.4, 0.5) is 0 Å². The van der Waals surface area contributed by atoms with E-state index in [4.69, 9.17) is 47.4 Å². The molecule has 5 aliphatic heterocycles. The summed E-state index contributed by atoms with van der Waals surface area (Å²) in [7, 11) is 0. The molecule has 9 unspecified atom stereocenters. The zero-order valence-corrected chi connectivity index (χ0v) is 35.3. The van der Waals surface area contributed by atoms with Gasteiger partial charge in [-0.1, -0.05) is 0 Å². The summed E-state index contributed by atoms with van der Waals surface area (Å²) in [5.74, 6) is -5.50. The molecule has 0 aromatic heterocycles. The van der Waals surface area contributed by atoms with E-state index >= 15 is 0 Å². The molecular weight excluding hydrogens is 928 g/mol. The van der Waals surface area contributed by atoms with Crippen molar-refractivity contribution in [3.63, 3.8) is 0 Å². The van der Waals surface area contributed by atoms with Gasteiger partial charge >= 0.3 is 0 Å². The molecule has 5 fully saturated rings. The average molecular weight is 993 g/mol. The van der Waals surface area contributed by atoms with Crippen molar-refractivity contribution in [3.05, 3.63) is 0 Å². The Morgan fingerprint density at radius 1 is 0.388 bits per heavy atom. The van der Waals surface area contributed by atoms with E-state index in [1.807, 2.05) is 0 Å².